The standard InChI is InChI=1S/C16H12ClNO3S.C6H12.2CH3NOS.CH4.H2O/c1-22(19,20)14-5-3-2-4-13(14)15-16(21-10-18-15)11-6-8-12(17)9-7-11;1-2-4-6-5-3-1;2*2-1(3)4;;/h2-10H,1H3;1-6H2;2*(H3,2,3,4);1H4;1H2. The Morgan fingerprint density at radius 3 is 1.74 bits per heavy atom. The van der Waals surface area contributed by atoms with E-state index in [9.17, 15) is 8.42 Å². The van der Waals surface area contributed by atoms with Crippen molar-refractivity contribution in [3.8, 4) is 22.6 Å². The third-order valence-electron chi connectivity index (χ3n) is 4.72. The van der Waals surface area contributed by atoms with Gasteiger partial charge in [0.15, 0.2) is 22.0 Å². The van der Waals surface area contributed by atoms with E-state index in [2.05, 4.69) is 41.7 Å². The first kappa shape index (κ1) is 37.6. The van der Waals surface area contributed by atoms with Gasteiger partial charge in [-0.25, -0.2) is 13.4 Å². The van der Waals surface area contributed by atoms with Crippen molar-refractivity contribution in [3.05, 3.63) is 59.9 Å². The monoisotopic (exact) mass is 605 g/mol. The molecule has 0 bridgehead atoms. The molecule has 1 aliphatic carbocycles. The Hall–Kier alpha value is -2.51. The number of amides is 2. The van der Waals surface area contributed by atoms with Crippen LogP contribution >= 0.6 is 36.9 Å². The lowest BCUT2D eigenvalue weighted by Crippen LogP contribution is -2.00. The lowest BCUT2D eigenvalue weighted by Gasteiger charge is -2.07. The van der Waals surface area contributed by atoms with Gasteiger partial charge in [0.2, 0.25) is 0 Å². The van der Waals surface area contributed by atoms with Crippen molar-refractivity contribution in [2.75, 3.05) is 6.26 Å². The number of thiol groups is 2. The normalized spacial score (nSPS) is 11.8. The fourth-order valence-electron chi connectivity index (χ4n) is 3.29. The maximum Gasteiger partial charge on any atom is 0.273 e. The molecule has 1 aromatic heterocycles. The van der Waals surface area contributed by atoms with Crippen LogP contribution in [-0.2, 0) is 9.84 Å². The van der Waals surface area contributed by atoms with Gasteiger partial charge in [-0.1, -0.05) is 101 Å². The number of oxazole rings is 1. The van der Waals surface area contributed by atoms with Gasteiger partial charge in [-0.3, -0.25) is 9.59 Å². The summed E-state index contributed by atoms with van der Waals surface area (Å²) in [6, 6.07) is 13.8. The van der Waals surface area contributed by atoms with Crippen LogP contribution in [0.3, 0.4) is 0 Å². The van der Waals surface area contributed by atoms with Crippen LogP contribution in [0.4, 0.5) is 9.59 Å². The predicted molar refractivity (Wildman–Crippen MR) is 161 cm³/mol. The summed E-state index contributed by atoms with van der Waals surface area (Å²) >= 11 is 12.1. The average Bonchev–Trinajstić information content (AvgIpc) is 3.30. The molecule has 3 aromatic rings. The van der Waals surface area contributed by atoms with Crippen LogP contribution in [-0.4, -0.2) is 35.6 Å². The Labute approximate surface area is 240 Å². The molecule has 0 saturated heterocycles. The molecule has 1 aliphatic rings. The van der Waals surface area contributed by atoms with Crippen molar-refractivity contribution in [1.82, 2.24) is 4.98 Å². The molecule has 0 atom stereocenters. The number of sulfone groups is 1. The Morgan fingerprint density at radius 2 is 1.32 bits per heavy atom. The second-order valence-corrected chi connectivity index (χ2v) is 10.9. The minimum absolute atomic E-state index is 0. The fraction of sp³-hybridized carbons (Fsp3) is 0.320. The number of aromatic nitrogens is 1. The van der Waals surface area contributed by atoms with Gasteiger partial charge in [0.05, 0.1) is 4.90 Å². The molecule has 0 radical (unpaired) electrons. The molecule has 38 heavy (non-hydrogen) atoms. The zero-order chi connectivity index (χ0) is 27.1. The molecule has 212 valence electrons. The maximum atomic E-state index is 12.0. The van der Waals surface area contributed by atoms with Crippen molar-refractivity contribution in [3.63, 3.8) is 0 Å². The first-order chi connectivity index (χ1) is 16.9. The summed E-state index contributed by atoms with van der Waals surface area (Å²) in [5.74, 6) is 0.507. The van der Waals surface area contributed by atoms with E-state index in [0.29, 0.717) is 22.0 Å². The summed E-state index contributed by atoms with van der Waals surface area (Å²) < 4.78 is 29.4. The summed E-state index contributed by atoms with van der Waals surface area (Å²) in [4.78, 5) is 22.6. The first-order valence-corrected chi connectivity index (χ1v) is 14.1. The molecular formula is C25H36ClN3O6S3. The predicted octanol–water partition coefficient (Wildman–Crippen LogP) is 6.21. The maximum absolute atomic E-state index is 12.0. The van der Waals surface area contributed by atoms with Crippen LogP contribution in [0.25, 0.3) is 22.6 Å². The van der Waals surface area contributed by atoms with Gasteiger partial charge in [0.25, 0.3) is 10.5 Å². The van der Waals surface area contributed by atoms with E-state index in [1.165, 1.54) is 51.2 Å². The number of hydrogen-bond acceptors (Lipinski definition) is 6. The van der Waals surface area contributed by atoms with Crippen molar-refractivity contribution in [1.29, 1.82) is 0 Å². The van der Waals surface area contributed by atoms with Gasteiger partial charge in [-0.2, -0.15) is 0 Å². The zero-order valence-electron chi connectivity index (χ0n) is 20.3. The number of carbonyl (C=O) groups excluding carboxylic acids is 2. The van der Waals surface area contributed by atoms with Crippen molar-refractivity contribution in [2.45, 2.75) is 50.8 Å². The summed E-state index contributed by atoms with van der Waals surface area (Å²) in [7, 11) is -3.37. The largest absolute Gasteiger partial charge is 0.443 e. The lowest BCUT2D eigenvalue weighted by molar-refractivity contribution is 0.266. The van der Waals surface area contributed by atoms with Crippen molar-refractivity contribution < 1.29 is 27.9 Å². The fourth-order valence-corrected chi connectivity index (χ4v) is 4.31. The van der Waals surface area contributed by atoms with Gasteiger partial charge in [0, 0.05) is 22.4 Å². The highest BCUT2D eigenvalue weighted by atomic mass is 35.5. The number of rotatable bonds is 3. The number of nitrogens with two attached hydrogens (primary N) is 2. The second kappa shape index (κ2) is 19.5. The third-order valence-corrected chi connectivity index (χ3v) is 6.12. The minimum Gasteiger partial charge on any atom is -0.443 e. The number of benzene rings is 2. The molecule has 2 amide bonds. The van der Waals surface area contributed by atoms with E-state index in [1.54, 1.807) is 48.5 Å². The number of nitrogens with zero attached hydrogens (tertiary/aromatic N) is 1. The highest BCUT2D eigenvalue weighted by molar-refractivity contribution is 7.96. The number of primary amides is 2. The van der Waals surface area contributed by atoms with Crippen molar-refractivity contribution in [2.24, 2.45) is 11.5 Å². The first-order valence-electron chi connectivity index (χ1n) is 10.9. The molecule has 6 N–H and O–H groups in total. The number of carbonyl (C=O) groups is 2. The van der Waals surface area contributed by atoms with E-state index in [4.69, 9.17) is 25.6 Å². The van der Waals surface area contributed by atoms with Gasteiger partial charge in [0.1, 0.15) is 5.69 Å². The molecule has 0 aliphatic heterocycles. The Balaban J connectivity index is 0. The zero-order valence-corrected chi connectivity index (χ0v) is 23.6. The van der Waals surface area contributed by atoms with Crippen LogP contribution < -0.4 is 11.5 Å². The molecular weight excluding hydrogens is 570 g/mol. The Bertz CT molecular complexity index is 1180. The third kappa shape index (κ3) is 15.0. The minimum atomic E-state index is -3.37. The molecule has 1 saturated carbocycles. The van der Waals surface area contributed by atoms with Crippen LogP contribution in [0.1, 0.15) is 46.0 Å². The van der Waals surface area contributed by atoms with Gasteiger partial charge in [-0.15, -0.1) is 0 Å². The average molecular weight is 606 g/mol. The molecule has 0 unspecified atom stereocenters. The summed E-state index contributed by atoms with van der Waals surface area (Å²) in [5.41, 5.74) is 10.5. The van der Waals surface area contributed by atoms with Gasteiger partial charge in [-0.05, 0) is 30.3 Å². The summed E-state index contributed by atoms with van der Waals surface area (Å²) in [5, 5.41) is -0.665. The summed E-state index contributed by atoms with van der Waals surface area (Å²) in [6.45, 7) is 0. The van der Waals surface area contributed by atoms with Crippen LogP contribution in [0, 0.1) is 0 Å². The molecule has 1 fully saturated rings. The summed E-state index contributed by atoms with van der Waals surface area (Å²) in [6.07, 6.45) is 11.5. The second-order valence-electron chi connectivity index (χ2n) is 7.60. The molecule has 13 heteroatoms. The molecule has 1 heterocycles. The SMILES string of the molecule is C.C1CCCCC1.CS(=O)(=O)c1ccccc1-c1ncoc1-c1ccc(Cl)cc1.NC(=O)S.NC(=O)S.O. The van der Waals surface area contributed by atoms with Crippen LogP contribution in [0.5, 0.6) is 0 Å². The smallest absolute Gasteiger partial charge is 0.273 e. The molecule has 9 nitrogen and oxygen atoms in total. The number of hydrogen-bond donors (Lipinski definition) is 4. The molecule has 2 aromatic carbocycles. The highest BCUT2D eigenvalue weighted by Gasteiger charge is 2.20. The highest BCUT2D eigenvalue weighted by Crippen LogP contribution is 2.35. The lowest BCUT2D eigenvalue weighted by atomic mass is 10.0. The van der Waals surface area contributed by atoms with Gasteiger partial charge >= 0.3 is 0 Å². The van der Waals surface area contributed by atoms with E-state index in [0.717, 1.165) is 5.56 Å². The van der Waals surface area contributed by atoms with E-state index >= 15 is 0 Å². The molecule has 0 spiro atoms. The number of halogens is 1. The Morgan fingerprint density at radius 1 is 0.895 bits per heavy atom. The topological polar surface area (TPSA) is 178 Å². The molecule has 4 rings (SSSR count). The Kier molecular flexibility index (Phi) is 19.4. The van der Waals surface area contributed by atoms with E-state index in [-0.39, 0.29) is 17.8 Å². The van der Waals surface area contributed by atoms with E-state index < -0.39 is 20.3 Å². The van der Waals surface area contributed by atoms with Gasteiger partial charge < -0.3 is 21.4 Å². The van der Waals surface area contributed by atoms with E-state index in [1.807, 2.05) is 0 Å². The van der Waals surface area contributed by atoms with Crippen LogP contribution in [0.2, 0.25) is 5.02 Å². The van der Waals surface area contributed by atoms with Crippen LogP contribution in [0.15, 0.2) is 64.2 Å². The quantitative estimate of drug-likeness (QED) is 0.258. The van der Waals surface area contributed by atoms with Crippen molar-refractivity contribution >= 4 is 57.2 Å².